The maximum absolute atomic E-state index is 3.10. The highest BCUT2D eigenvalue weighted by molar-refractivity contribution is 5.16. The van der Waals surface area contributed by atoms with Crippen molar-refractivity contribution in [3.8, 4) is 0 Å². The van der Waals surface area contributed by atoms with Gasteiger partial charge in [0.25, 0.3) is 0 Å². The molecule has 1 nitrogen and oxygen atoms in total. The molecule has 0 atom stereocenters. The fourth-order valence-electron chi connectivity index (χ4n) is 1.79. The van der Waals surface area contributed by atoms with Crippen LogP contribution in [0.5, 0.6) is 0 Å². The lowest BCUT2D eigenvalue weighted by Crippen LogP contribution is -2.16. The molecule has 2 aromatic rings. The van der Waals surface area contributed by atoms with E-state index in [1.165, 1.54) is 11.1 Å². The molecule has 16 heavy (non-hydrogen) atoms. The quantitative estimate of drug-likeness (QED) is 0.749. The van der Waals surface area contributed by atoms with Crippen molar-refractivity contribution in [2.75, 3.05) is 7.05 Å². The molecule has 0 saturated heterocycles. The molecule has 0 spiro atoms. The van der Waals surface area contributed by atoms with Crippen LogP contribution < -0.4 is 0 Å². The number of nitrogens with zero attached hydrogens (tertiary/aromatic N) is 1. The highest BCUT2D eigenvalue weighted by atomic mass is 15.1. The Morgan fingerprint density at radius 3 is 2.31 bits per heavy atom. The van der Waals surface area contributed by atoms with Gasteiger partial charge in [-0.1, -0.05) is 48.5 Å². The topological polar surface area (TPSA) is 3.24 Å². The van der Waals surface area contributed by atoms with E-state index in [9.17, 15) is 0 Å². The number of rotatable bonds is 4. The first-order valence-electron chi connectivity index (χ1n) is 5.52. The molecule has 0 saturated carbocycles. The molecular weight excluding hydrogens is 194 g/mol. The summed E-state index contributed by atoms with van der Waals surface area (Å²) >= 11 is 0. The van der Waals surface area contributed by atoms with E-state index in [-0.39, 0.29) is 0 Å². The molecule has 0 N–H and O–H groups in total. The molecule has 1 radical (unpaired) electrons. The molecular formula is C15H16N. The fourth-order valence-corrected chi connectivity index (χ4v) is 1.79. The Hall–Kier alpha value is -1.60. The lowest BCUT2D eigenvalue weighted by atomic mass is 10.2. The molecule has 0 bridgehead atoms. The van der Waals surface area contributed by atoms with Crippen molar-refractivity contribution < 1.29 is 0 Å². The minimum atomic E-state index is 0.965. The Kier molecular flexibility index (Phi) is 3.73. The van der Waals surface area contributed by atoms with Crippen LogP contribution >= 0.6 is 0 Å². The summed E-state index contributed by atoms with van der Waals surface area (Å²) in [6.45, 7) is 1.95. The number of benzene rings is 2. The van der Waals surface area contributed by atoms with E-state index in [4.69, 9.17) is 0 Å². The van der Waals surface area contributed by atoms with Gasteiger partial charge in [-0.2, -0.15) is 0 Å². The summed E-state index contributed by atoms with van der Waals surface area (Å²) in [7, 11) is 2.14. The monoisotopic (exact) mass is 210 g/mol. The van der Waals surface area contributed by atoms with Gasteiger partial charge in [-0.15, -0.1) is 0 Å². The molecule has 0 aliphatic carbocycles. The Labute approximate surface area is 97.3 Å². The van der Waals surface area contributed by atoms with E-state index < -0.39 is 0 Å². The average Bonchev–Trinajstić information content (AvgIpc) is 2.31. The minimum Gasteiger partial charge on any atom is -0.298 e. The van der Waals surface area contributed by atoms with Gasteiger partial charge in [0.15, 0.2) is 0 Å². The zero-order valence-electron chi connectivity index (χ0n) is 9.56. The minimum absolute atomic E-state index is 0.965. The first kappa shape index (κ1) is 10.9. The third-order valence-electron chi connectivity index (χ3n) is 2.52. The summed E-state index contributed by atoms with van der Waals surface area (Å²) in [5.41, 5.74) is 2.66. The Morgan fingerprint density at radius 1 is 0.938 bits per heavy atom. The Bertz CT molecular complexity index is 366. The van der Waals surface area contributed by atoms with Crippen molar-refractivity contribution in [2.24, 2.45) is 0 Å². The van der Waals surface area contributed by atoms with Crippen molar-refractivity contribution in [3.05, 3.63) is 71.8 Å². The third-order valence-corrected chi connectivity index (χ3v) is 2.52. The molecule has 0 unspecified atom stereocenters. The van der Waals surface area contributed by atoms with Crippen LogP contribution in [0, 0.1) is 6.07 Å². The molecule has 2 rings (SSSR count). The van der Waals surface area contributed by atoms with E-state index in [2.05, 4.69) is 54.4 Å². The van der Waals surface area contributed by atoms with Gasteiger partial charge in [0, 0.05) is 13.1 Å². The van der Waals surface area contributed by atoms with Crippen LogP contribution in [0.4, 0.5) is 0 Å². The van der Waals surface area contributed by atoms with Gasteiger partial charge in [-0.25, -0.2) is 0 Å². The molecule has 0 heterocycles. The standard InChI is InChI=1S/C15H16N/c1-16(12-14-8-4-2-5-9-14)13-15-10-6-3-7-11-15/h2-6,8-11H,12-13H2,1H3. The average molecular weight is 210 g/mol. The summed E-state index contributed by atoms with van der Waals surface area (Å²) in [5.74, 6) is 0. The maximum Gasteiger partial charge on any atom is 0.0234 e. The lowest BCUT2D eigenvalue weighted by Gasteiger charge is -2.16. The van der Waals surface area contributed by atoms with Gasteiger partial charge >= 0.3 is 0 Å². The van der Waals surface area contributed by atoms with Crippen LogP contribution in [0.2, 0.25) is 0 Å². The van der Waals surface area contributed by atoms with Crippen LogP contribution in [-0.2, 0) is 13.1 Å². The first-order chi connectivity index (χ1) is 7.84. The zero-order valence-corrected chi connectivity index (χ0v) is 9.56. The van der Waals surface area contributed by atoms with E-state index in [0.717, 1.165) is 13.1 Å². The van der Waals surface area contributed by atoms with Crippen molar-refractivity contribution in [1.82, 2.24) is 4.90 Å². The van der Waals surface area contributed by atoms with E-state index in [0.29, 0.717) is 0 Å². The second-order valence-corrected chi connectivity index (χ2v) is 4.07. The Morgan fingerprint density at radius 2 is 1.62 bits per heavy atom. The predicted octanol–water partition coefficient (Wildman–Crippen LogP) is 3.12. The van der Waals surface area contributed by atoms with Crippen molar-refractivity contribution >= 4 is 0 Å². The van der Waals surface area contributed by atoms with Gasteiger partial charge in [-0.05, 0) is 30.3 Å². The van der Waals surface area contributed by atoms with Crippen LogP contribution in [0.25, 0.3) is 0 Å². The lowest BCUT2D eigenvalue weighted by molar-refractivity contribution is 0.319. The molecule has 1 heteroatoms. The molecule has 0 aliphatic heterocycles. The molecule has 0 aromatic heterocycles. The molecule has 0 amide bonds. The van der Waals surface area contributed by atoms with Gasteiger partial charge in [0.05, 0.1) is 0 Å². The summed E-state index contributed by atoms with van der Waals surface area (Å²) in [5, 5.41) is 0. The zero-order chi connectivity index (χ0) is 11.2. The maximum atomic E-state index is 3.10. The summed E-state index contributed by atoms with van der Waals surface area (Å²) in [4.78, 5) is 2.30. The first-order valence-corrected chi connectivity index (χ1v) is 5.52. The summed E-state index contributed by atoms with van der Waals surface area (Å²) in [6, 6.07) is 21.8. The van der Waals surface area contributed by atoms with Crippen LogP contribution in [0.15, 0.2) is 54.6 Å². The van der Waals surface area contributed by atoms with E-state index in [1.54, 1.807) is 0 Å². The number of hydrogen-bond donors (Lipinski definition) is 0. The van der Waals surface area contributed by atoms with Gasteiger partial charge in [0.2, 0.25) is 0 Å². The highest BCUT2D eigenvalue weighted by Gasteiger charge is 2.00. The molecule has 2 aromatic carbocycles. The summed E-state index contributed by atoms with van der Waals surface area (Å²) in [6.07, 6.45) is 0. The van der Waals surface area contributed by atoms with Crippen LogP contribution in [-0.4, -0.2) is 11.9 Å². The Balaban J connectivity index is 1.92. The van der Waals surface area contributed by atoms with Crippen LogP contribution in [0.3, 0.4) is 0 Å². The smallest absolute Gasteiger partial charge is 0.0234 e. The highest BCUT2D eigenvalue weighted by Crippen LogP contribution is 2.07. The van der Waals surface area contributed by atoms with Gasteiger partial charge in [-0.3, -0.25) is 4.90 Å². The van der Waals surface area contributed by atoms with E-state index >= 15 is 0 Å². The normalized spacial score (nSPS) is 10.6. The molecule has 81 valence electrons. The van der Waals surface area contributed by atoms with Gasteiger partial charge < -0.3 is 0 Å². The third kappa shape index (κ3) is 3.21. The van der Waals surface area contributed by atoms with Crippen molar-refractivity contribution in [3.63, 3.8) is 0 Å². The molecule has 0 aliphatic rings. The second-order valence-electron chi connectivity index (χ2n) is 4.07. The molecule has 0 fully saturated rings. The van der Waals surface area contributed by atoms with Crippen LogP contribution in [0.1, 0.15) is 11.1 Å². The largest absolute Gasteiger partial charge is 0.298 e. The summed E-state index contributed by atoms with van der Waals surface area (Å²) < 4.78 is 0. The van der Waals surface area contributed by atoms with Crippen molar-refractivity contribution in [2.45, 2.75) is 13.1 Å². The predicted molar refractivity (Wildman–Crippen MR) is 66.9 cm³/mol. The van der Waals surface area contributed by atoms with Gasteiger partial charge in [0.1, 0.15) is 0 Å². The SMILES string of the molecule is CN(Cc1c[c]ccc1)Cc1ccccc1. The fraction of sp³-hybridized carbons (Fsp3) is 0.200. The number of hydrogen-bond acceptors (Lipinski definition) is 1. The van der Waals surface area contributed by atoms with Crippen molar-refractivity contribution in [1.29, 1.82) is 0 Å². The second kappa shape index (κ2) is 5.47. The van der Waals surface area contributed by atoms with E-state index in [1.807, 2.05) is 18.2 Å².